The number of rotatable bonds is 4. The topological polar surface area (TPSA) is 40.7 Å². The molecule has 3 nitrogen and oxygen atoms in total. The smallest absolute Gasteiger partial charge is 0.0931 e. The van der Waals surface area contributed by atoms with Gasteiger partial charge in [-0.25, -0.2) is 4.98 Å². The first-order valence-electron chi connectivity index (χ1n) is 11.0. The van der Waals surface area contributed by atoms with Gasteiger partial charge in [-0.2, -0.15) is 0 Å². The fourth-order valence-electron chi connectivity index (χ4n) is 6.60. The predicted molar refractivity (Wildman–Crippen MR) is 114 cm³/mol. The molecular formula is C25H29N3. The maximum atomic E-state index is 4.31. The number of fused-ring (bicyclic) bond motifs is 3. The molecule has 1 heterocycles. The van der Waals surface area contributed by atoms with Crippen LogP contribution < -0.4 is 5.32 Å². The minimum Gasteiger partial charge on any atom is -0.345 e. The van der Waals surface area contributed by atoms with E-state index in [1.165, 1.54) is 61.6 Å². The summed E-state index contributed by atoms with van der Waals surface area (Å²) in [6, 6.07) is 15.6. The lowest BCUT2D eigenvalue weighted by molar-refractivity contribution is 0.163. The van der Waals surface area contributed by atoms with Gasteiger partial charge in [-0.15, -0.1) is 0 Å². The molecular weight excluding hydrogens is 342 g/mol. The van der Waals surface area contributed by atoms with Gasteiger partial charge in [0.15, 0.2) is 0 Å². The lowest BCUT2D eigenvalue weighted by Gasteiger charge is -2.41. The van der Waals surface area contributed by atoms with E-state index in [4.69, 9.17) is 0 Å². The highest BCUT2D eigenvalue weighted by Crippen LogP contribution is 2.55. The lowest BCUT2D eigenvalue weighted by atomic mass is 9.73. The molecule has 0 amide bonds. The fourth-order valence-corrected chi connectivity index (χ4v) is 6.60. The molecule has 3 aliphatic carbocycles. The quantitative estimate of drug-likeness (QED) is 0.619. The first-order chi connectivity index (χ1) is 13.8. The van der Waals surface area contributed by atoms with Crippen LogP contribution >= 0.6 is 0 Å². The van der Waals surface area contributed by atoms with Crippen molar-refractivity contribution < 1.29 is 0 Å². The van der Waals surface area contributed by atoms with Crippen molar-refractivity contribution in [3.8, 4) is 11.1 Å². The highest BCUT2D eigenvalue weighted by Gasteiger charge is 2.49. The van der Waals surface area contributed by atoms with Crippen LogP contribution in [0.5, 0.6) is 0 Å². The molecule has 3 bridgehead atoms. The lowest BCUT2D eigenvalue weighted by Crippen LogP contribution is -2.48. The highest BCUT2D eigenvalue weighted by molar-refractivity contribution is 5.81. The molecule has 28 heavy (non-hydrogen) atoms. The number of hydrogen-bond donors (Lipinski definition) is 2. The Labute approximate surface area is 167 Å². The first-order valence-corrected chi connectivity index (χ1v) is 11.0. The molecule has 2 N–H and O–H groups in total. The normalized spacial score (nSPS) is 31.4. The van der Waals surface area contributed by atoms with Gasteiger partial charge in [-0.1, -0.05) is 43.2 Å². The zero-order chi connectivity index (χ0) is 18.6. The van der Waals surface area contributed by atoms with Crippen LogP contribution in [0.2, 0.25) is 0 Å². The number of nitrogens with zero attached hydrogens (tertiary/aromatic N) is 1. The summed E-state index contributed by atoms with van der Waals surface area (Å²) in [5, 5.41) is 4.05. The summed E-state index contributed by atoms with van der Waals surface area (Å²) < 4.78 is 0. The van der Waals surface area contributed by atoms with Crippen LogP contribution in [-0.2, 0) is 6.54 Å². The molecule has 144 valence electrons. The van der Waals surface area contributed by atoms with E-state index in [9.17, 15) is 0 Å². The van der Waals surface area contributed by atoms with Gasteiger partial charge >= 0.3 is 0 Å². The molecule has 3 unspecified atom stereocenters. The van der Waals surface area contributed by atoms with Crippen LogP contribution in [0.25, 0.3) is 22.2 Å². The zero-order valence-corrected chi connectivity index (χ0v) is 16.5. The van der Waals surface area contributed by atoms with Crippen LogP contribution in [-0.4, -0.2) is 15.5 Å². The van der Waals surface area contributed by atoms with E-state index < -0.39 is 0 Å². The Morgan fingerprint density at radius 2 is 1.86 bits per heavy atom. The summed E-state index contributed by atoms with van der Waals surface area (Å²) in [5.74, 6) is 3.05. The Bertz CT molecular complexity index is 988. The number of aromatic amines is 1. The minimum atomic E-state index is 0.420. The Kier molecular flexibility index (Phi) is 3.87. The summed E-state index contributed by atoms with van der Waals surface area (Å²) >= 11 is 0. The van der Waals surface area contributed by atoms with Crippen molar-refractivity contribution in [2.24, 2.45) is 17.8 Å². The monoisotopic (exact) mass is 371 g/mol. The van der Waals surface area contributed by atoms with Crippen molar-refractivity contribution in [2.45, 2.75) is 57.0 Å². The van der Waals surface area contributed by atoms with Gasteiger partial charge in [0.1, 0.15) is 0 Å². The third-order valence-electron chi connectivity index (χ3n) is 7.88. The second-order valence-corrected chi connectivity index (χ2v) is 9.62. The molecule has 3 aromatic rings. The summed E-state index contributed by atoms with van der Waals surface area (Å²) in [6.45, 7) is 1.00. The molecule has 0 spiro atoms. The van der Waals surface area contributed by atoms with Crippen LogP contribution in [0.3, 0.4) is 0 Å². The summed E-state index contributed by atoms with van der Waals surface area (Å²) in [5.41, 5.74) is 6.46. The maximum Gasteiger partial charge on any atom is 0.0931 e. The van der Waals surface area contributed by atoms with E-state index in [2.05, 4.69) is 57.7 Å². The zero-order valence-electron chi connectivity index (χ0n) is 16.5. The van der Waals surface area contributed by atoms with Crippen molar-refractivity contribution in [1.82, 2.24) is 15.3 Å². The highest BCUT2D eigenvalue weighted by atomic mass is 15.0. The average molecular weight is 372 g/mol. The largest absolute Gasteiger partial charge is 0.345 e. The molecule has 0 radical (unpaired) electrons. The molecule has 3 saturated carbocycles. The summed E-state index contributed by atoms with van der Waals surface area (Å²) in [7, 11) is 0. The molecule has 2 aromatic carbocycles. The Hall–Kier alpha value is -2.13. The standard InChI is InChI=1S/C25H29N3/c1-2-20-10-18-11-22(20)14-25(9-1,13-18)28-15-17-3-5-19(6-4-17)21-7-8-23-24(12-21)27-16-26-23/h3-8,12,16,18,20,22,28H,1-2,9-11,13-15H2,(H,26,27)/t18?,20?,22?,25-/m0/s1. The van der Waals surface area contributed by atoms with Gasteiger partial charge in [-0.05, 0) is 78.7 Å². The maximum absolute atomic E-state index is 4.31. The van der Waals surface area contributed by atoms with Gasteiger partial charge in [0.05, 0.1) is 17.4 Å². The first kappa shape index (κ1) is 16.8. The molecule has 1 aromatic heterocycles. The molecule has 4 atom stereocenters. The van der Waals surface area contributed by atoms with Crippen LogP contribution in [0.1, 0.15) is 50.5 Å². The van der Waals surface area contributed by atoms with E-state index in [1.807, 2.05) is 0 Å². The molecule has 3 aliphatic rings. The Morgan fingerprint density at radius 1 is 1.00 bits per heavy atom. The van der Waals surface area contributed by atoms with Crippen molar-refractivity contribution in [1.29, 1.82) is 0 Å². The number of H-pyrrole nitrogens is 1. The number of imidazole rings is 1. The Morgan fingerprint density at radius 3 is 2.79 bits per heavy atom. The van der Waals surface area contributed by atoms with Crippen LogP contribution in [0.15, 0.2) is 48.8 Å². The number of nitrogens with one attached hydrogen (secondary N) is 2. The summed E-state index contributed by atoms with van der Waals surface area (Å²) in [6.07, 6.45) is 11.9. The molecule has 0 aliphatic heterocycles. The molecule has 6 rings (SSSR count). The fraction of sp³-hybridized carbons (Fsp3) is 0.480. The van der Waals surface area contributed by atoms with Crippen LogP contribution in [0, 0.1) is 17.8 Å². The van der Waals surface area contributed by atoms with E-state index in [0.717, 1.165) is 35.3 Å². The average Bonchev–Trinajstić information content (AvgIpc) is 3.27. The SMILES string of the molecule is c1nc2ccc(-c3ccc(CN[C@]45CCCC6CC(CC6C4)C5)cc3)cc2[nH]1. The second-order valence-electron chi connectivity index (χ2n) is 9.62. The molecule has 3 fully saturated rings. The second kappa shape index (κ2) is 6.45. The van der Waals surface area contributed by atoms with Crippen molar-refractivity contribution >= 4 is 11.0 Å². The number of benzene rings is 2. The third-order valence-corrected chi connectivity index (χ3v) is 7.88. The number of aromatic nitrogens is 2. The predicted octanol–water partition coefficient (Wildman–Crippen LogP) is 5.68. The van der Waals surface area contributed by atoms with Crippen LogP contribution in [0.4, 0.5) is 0 Å². The molecule has 0 saturated heterocycles. The third kappa shape index (κ3) is 2.88. The summed E-state index contributed by atoms with van der Waals surface area (Å²) in [4.78, 5) is 7.52. The van der Waals surface area contributed by atoms with Gasteiger partial charge in [0.25, 0.3) is 0 Å². The van der Waals surface area contributed by atoms with E-state index in [0.29, 0.717) is 5.54 Å². The minimum absolute atomic E-state index is 0.420. The van der Waals surface area contributed by atoms with Crippen molar-refractivity contribution in [2.75, 3.05) is 0 Å². The van der Waals surface area contributed by atoms with Crippen molar-refractivity contribution in [3.63, 3.8) is 0 Å². The van der Waals surface area contributed by atoms with E-state index in [1.54, 1.807) is 6.33 Å². The van der Waals surface area contributed by atoms with Gasteiger partial charge in [-0.3, -0.25) is 0 Å². The van der Waals surface area contributed by atoms with Crippen molar-refractivity contribution in [3.05, 3.63) is 54.4 Å². The number of hydrogen-bond acceptors (Lipinski definition) is 2. The van der Waals surface area contributed by atoms with Gasteiger partial charge in [0, 0.05) is 12.1 Å². The van der Waals surface area contributed by atoms with Gasteiger partial charge in [0.2, 0.25) is 0 Å². The van der Waals surface area contributed by atoms with E-state index >= 15 is 0 Å². The van der Waals surface area contributed by atoms with Gasteiger partial charge < -0.3 is 10.3 Å². The van der Waals surface area contributed by atoms with E-state index in [-0.39, 0.29) is 0 Å². The molecule has 3 heteroatoms. The Balaban J connectivity index is 1.17.